The first-order valence-corrected chi connectivity index (χ1v) is 8.90. The van der Waals surface area contributed by atoms with Gasteiger partial charge in [0.05, 0.1) is 17.1 Å². The molecule has 0 amide bonds. The van der Waals surface area contributed by atoms with Crippen molar-refractivity contribution in [3.8, 4) is 5.69 Å². The predicted molar refractivity (Wildman–Crippen MR) is 91.3 cm³/mol. The Bertz CT molecular complexity index is 891. The molecule has 23 heavy (non-hydrogen) atoms. The zero-order valence-corrected chi connectivity index (χ0v) is 13.6. The number of hydrogen-bond donors (Lipinski definition) is 1. The van der Waals surface area contributed by atoms with Gasteiger partial charge >= 0.3 is 0 Å². The molecule has 0 atom stereocenters. The lowest BCUT2D eigenvalue weighted by Gasteiger charge is -2.10. The van der Waals surface area contributed by atoms with Crippen LogP contribution in [-0.4, -0.2) is 18.2 Å². The van der Waals surface area contributed by atoms with Gasteiger partial charge in [-0.1, -0.05) is 29.8 Å². The molecule has 0 fully saturated rings. The molecule has 5 nitrogen and oxygen atoms in total. The van der Waals surface area contributed by atoms with E-state index in [4.69, 9.17) is 11.6 Å². The first kappa shape index (κ1) is 15.6. The fourth-order valence-electron chi connectivity index (χ4n) is 2.15. The van der Waals surface area contributed by atoms with Crippen LogP contribution in [0.4, 0.5) is 5.69 Å². The largest absolute Gasteiger partial charge is 0.283 e. The lowest BCUT2D eigenvalue weighted by Crippen LogP contribution is -2.15. The number of sulfonamides is 1. The zero-order valence-electron chi connectivity index (χ0n) is 12.1. The predicted octanol–water partition coefficient (Wildman–Crippen LogP) is 3.47. The third kappa shape index (κ3) is 4.12. The van der Waals surface area contributed by atoms with Crippen molar-refractivity contribution >= 4 is 27.3 Å². The van der Waals surface area contributed by atoms with E-state index in [1.54, 1.807) is 65.6 Å². The Labute approximate surface area is 139 Å². The number of nitrogens with zero attached hydrogens (tertiary/aromatic N) is 2. The molecule has 1 heterocycles. The maximum Gasteiger partial charge on any atom is 0.236 e. The third-order valence-corrected chi connectivity index (χ3v) is 4.67. The van der Waals surface area contributed by atoms with Gasteiger partial charge in [0.1, 0.15) is 0 Å². The molecule has 0 aliphatic rings. The number of rotatable bonds is 5. The highest BCUT2D eigenvalue weighted by Gasteiger charge is 2.12. The lowest BCUT2D eigenvalue weighted by atomic mass is 10.2. The quantitative estimate of drug-likeness (QED) is 0.768. The Morgan fingerprint density at radius 2 is 1.87 bits per heavy atom. The second kappa shape index (κ2) is 6.44. The summed E-state index contributed by atoms with van der Waals surface area (Å²) < 4.78 is 28.8. The van der Waals surface area contributed by atoms with Crippen molar-refractivity contribution in [3.63, 3.8) is 0 Å². The summed E-state index contributed by atoms with van der Waals surface area (Å²) in [7, 11) is -3.51. The third-order valence-electron chi connectivity index (χ3n) is 3.16. The Hall–Kier alpha value is -2.31. The van der Waals surface area contributed by atoms with Crippen LogP contribution < -0.4 is 4.72 Å². The first-order valence-electron chi connectivity index (χ1n) is 6.87. The maximum atomic E-state index is 12.3. The number of hydrogen-bond acceptors (Lipinski definition) is 3. The molecule has 0 radical (unpaired) electrons. The topological polar surface area (TPSA) is 64.0 Å². The van der Waals surface area contributed by atoms with Crippen LogP contribution in [0.15, 0.2) is 67.0 Å². The average Bonchev–Trinajstić information content (AvgIpc) is 3.03. The standard InChI is InChI=1S/C16H14ClN3O2S/c17-14-7-5-13(6-8-14)12-23(21,22)19-15-3-1-4-16(11-15)20-10-2-9-18-20/h1-11,19H,12H2. The van der Waals surface area contributed by atoms with Gasteiger partial charge in [0, 0.05) is 17.4 Å². The summed E-state index contributed by atoms with van der Waals surface area (Å²) in [4.78, 5) is 0. The van der Waals surface area contributed by atoms with Gasteiger partial charge in [-0.05, 0) is 42.0 Å². The molecule has 118 valence electrons. The molecule has 0 bridgehead atoms. The number of benzene rings is 2. The van der Waals surface area contributed by atoms with Crippen molar-refractivity contribution in [2.24, 2.45) is 0 Å². The zero-order chi connectivity index (χ0) is 16.3. The van der Waals surface area contributed by atoms with Crippen LogP contribution >= 0.6 is 11.6 Å². The van der Waals surface area contributed by atoms with Gasteiger partial charge in [-0.3, -0.25) is 4.72 Å². The lowest BCUT2D eigenvalue weighted by molar-refractivity contribution is 0.600. The molecule has 0 aliphatic heterocycles. The smallest absolute Gasteiger partial charge is 0.236 e. The maximum absolute atomic E-state index is 12.3. The van der Waals surface area contributed by atoms with Crippen LogP contribution in [0.2, 0.25) is 5.02 Å². The minimum Gasteiger partial charge on any atom is -0.283 e. The number of halogens is 1. The monoisotopic (exact) mass is 347 g/mol. The van der Waals surface area contributed by atoms with E-state index in [-0.39, 0.29) is 5.75 Å². The number of nitrogens with one attached hydrogen (secondary N) is 1. The molecular formula is C16H14ClN3O2S. The highest BCUT2D eigenvalue weighted by atomic mass is 35.5. The molecule has 2 aromatic carbocycles. The first-order chi connectivity index (χ1) is 11.0. The van der Waals surface area contributed by atoms with Crippen molar-refractivity contribution in [3.05, 3.63) is 77.6 Å². The summed E-state index contributed by atoms with van der Waals surface area (Å²) in [5, 5.41) is 4.70. The summed E-state index contributed by atoms with van der Waals surface area (Å²) in [6.45, 7) is 0. The van der Waals surface area contributed by atoms with Crippen LogP contribution in [0.1, 0.15) is 5.56 Å². The van der Waals surface area contributed by atoms with E-state index in [9.17, 15) is 8.42 Å². The highest BCUT2D eigenvalue weighted by molar-refractivity contribution is 7.91. The van der Waals surface area contributed by atoms with Crippen molar-refractivity contribution in [1.82, 2.24) is 9.78 Å². The Morgan fingerprint density at radius 3 is 2.57 bits per heavy atom. The minimum atomic E-state index is -3.51. The van der Waals surface area contributed by atoms with E-state index in [2.05, 4.69) is 9.82 Å². The highest BCUT2D eigenvalue weighted by Crippen LogP contribution is 2.17. The fourth-order valence-corrected chi connectivity index (χ4v) is 3.46. The van der Waals surface area contributed by atoms with Gasteiger partial charge in [-0.25, -0.2) is 13.1 Å². The van der Waals surface area contributed by atoms with Crippen molar-refractivity contribution < 1.29 is 8.42 Å². The van der Waals surface area contributed by atoms with Crippen LogP contribution in [0, 0.1) is 0 Å². The summed E-state index contributed by atoms with van der Waals surface area (Å²) in [5.74, 6) is -0.115. The summed E-state index contributed by atoms with van der Waals surface area (Å²) in [5.41, 5.74) is 1.94. The molecule has 3 aromatic rings. The molecule has 1 aromatic heterocycles. The van der Waals surface area contributed by atoms with Crippen LogP contribution in [0.25, 0.3) is 5.69 Å². The van der Waals surface area contributed by atoms with E-state index < -0.39 is 10.0 Å². The summed E-state index contributed by atoms with van der Waals surface area (Å²) >= 11 is 5.81. The van der Waals surface area contributed by atoms with Crippen LogP contribution in [0.3, 0.4) is 0 Å². The fraction of sp³-hybridized carbons (Fsp3) is 0.0625. The second-order valence-corrected chi connectivity index (χ2v) is 7.15. The minimum absolute atomic E-state index is 0.115. The van der Waals surface area contributed by atoms with Crippen LogP contribution in [0.5, 0.6) is 0 Å². The number of anilines is 1. The van der Waals surface area contributed by atoms with Crippen molar-refractivity contribution in [2.45, 2.75) is 5.75 Å². The van der Waals surface area contributed by atoms with E-state index in [1.807, 2.05) is 6.07 Å². The molecule has 0 aliphatic carbocycles. The average molecular weight is 348 g/mol. The molecule has 0 unspecified atom stereocenters. The second-order valence-electron chi connectivity index (χ2n) is 4.99. The molecular weight excluding hydrogens is 334 g/mol. The Morgan fingerprint density at radius 1 is 1.09 bits per heavy atom. The van der Waals surface area contributed by atoms with E-state index in [1.165, 1.54) is 0 Å². The summed E-state index contributed by atoms with van der Waals surface area (Å²) in [6.07, 6.45) is 3.46. The van der Waals surface area contributed by atoms with E-state index in [0.717, 1.165) is 5.69 Å². The SMILES string of the molecule is O=S(=O)(Cc1ccc(Cl)cc1)Nc1cccc(-n2cccn2)c1. The van der Waals surface area contributed by atoms with Gasteiger partial charge in [0.25, 0.3) is 0 Å². The van der Waals surface area contributed by atoms with Gasteiger partial charge < -0.3 is 0 Å². The van der Waals surface area contributed by atoms with Crippen molar-refractivity contribution in [2.75, 3.05) is 4.72 Å². The van der Waals surface area contributed by atoms with E-state index >= 15 is 0 Å². The van der Waals surface area contributed by atoms with Gasteiger partial charge in [-0.2, -0.15) is 5.10 Å². The molecule has 3 rings (SSSR count). The van der Waals surface area contributed by atoms with E-state index in [0.29, 0.717) is 16.3 Å². The van der Waals surface area contributed by atoms with Crippen molar-refractivity contribution in [1.29, 1.82) is 0 Å². The van der Waals surface area contributed by atoms with Crippen LogP contribution in [-0.2, 0) is 15.8 Å². The Kier molecular flexibility index (Phi) is 4.36. The molecule has 0 spiro atoms. The number of aromatic nitrogens is 2. The summed E-state index contributed by atoms with van der Waals surface area (Å²) in [6, 6.07) is 15.6. The Balaban J connectivity index is 1.78. The van der Waals surface area contributed by atoms with Gasteiger partial charge in [0.2, 0.25) is 10.0 Å². The normalized spacial score (nSPS) is 11.3. The van der Waals surface area contributed by atoms with Gasteiger partial charge in [-0.15, -0.1) is 0 Å². The molecule has 7 heteroatoms. The molecule has 0 saturated carbocycles. The molecule has 1 N–H and O–H groups in total. The molecule has 0 saturated heterocycles. The van der Waals surface area contributed by atoms with Gasteiger partial charge in [0.15, 0.2) is 0 Å².